The normalized spacial score (nSPS) is 9.08. The number of fused-ring (bicyclic) bond motifs is 1. The predicted octanol–water partition coefficient (Wildman–Crippen LogP) is 1.78. The number of carbonyl (C=O) groups excluding carboxylic acids is 1. The van der Waals surface area contributed by atoms with Gasteiger partial charge in [0.1, 0.15) is 11.9 Å². The summed E-state index contributed by atoms with van der Waals surface area (Å²) in [6.07, 6.45) is 4.57. The average Bonchev–Trinajstić information content (AvgIpc) is 2.50. The van der Waals surface area contributed by atoms with Crippen molar-refractivity contribution in [2.45, 2.75) is 6.92 Å². The molecule has 2 rings (SSSR count). The zero-order chi connectivity index (χ0) is 9.68. The molecule has 0 atom stereocenters. The summed E-state index contributed by atoms with van der Waals surface area (Å²) < 4.78 is 2.01. The van der Waals surface area contributed by atoms with E-state index in [1.165, 1.54) is 12.3 Å². The fraction of sp³-hybridized carbons (Fsp3) is 0.200. The molecule has 0 amide bonds. The zero-order valence-corrected chi connectivity index (χ0v) is 7.77. The van der Waals surface area contributed by atoms with Crippen molar-refractivity contribution in [1.82, 2.24) is 9.55 Å². The molecule has 0 spiro atoms. The first-order valence-electron chi connectivity index (χ1n) is 4.05. The van der Waals surface area contributed by atoms with Crippen LogP contribution in [0.25, 0.3) is 11.0 Å². The Bertz CT molecular complexity index is 392. The summed E-state index contributed by atoms with van der Waals surface area (Å²) in [5, 5.41) is 1.20. The van der Waals surface area contributed by atoms with Crippen LogP contribution in [-0.2, 0) is 11.8 Å². The lowest BCUT2D eigenvalue weighted by Crippen LogP contribution is -1.85. The Balaban J connectivity index is 0.000000251. The molecule has 2 aromatic heterocycles. The number of nitrogens with zero attached hydrogens (tertiary/aromatic N) is 2. The molecule has 0 aliphatic carbocycles. The zero-order valence-electron chi connectivity index (χ0n) is 7.77. The molecule has 68 valence electrons. The lowest BCUT2D eigenvalue weighted by Gasteiger charge is -1.91. The van der Waals surface area contributed by atoms with Crippen LogP contribution in [0, 0.1) is 0 Å². The Morgan fingerprint density at radius 3 is 2.77 bits per heavy atom. The van der Waals surface area contributed by atoms with E-state index in [9.17, 15) is 0 Å². The number of carbonyl (C=O) groups is 1. The van der Waals surface area contributed by atoms with Gasteiger partial charge in [-0.05, 0) is 25.1 Å². The van der Waals surface area contributed by atoms with E-state index in [1.807, 2.05) is 30.1 Å². The first-order chi connectivity index (χ1) is 6.29. The van der Waals surface area contributed by atoms with Crippen LogP contribution in [0.3, 0.4) is 0 Å². The fourth-order valence-corrected chi connectivity index (χ4v) is 1.10. The number of pyridine rings is 1. The molecule has 0 fully saturated rings. The highest BCUT2D eigenvalue weighted by molar-refractivity contribution is 5.75. The van der Waals surface area contributed by atoms with E-state index in [4.69, 9.17) is 4.79 Å². The van der Waals surface area contributed by atoms with Crippen molar-refractivity contribution in [2.24, 2.45) is 7.05 Å². The average molecular weight is 176 g/mol. The third-order valence-corrected chi connectivity index (χ3v) is 1.63. The van der Waals surface area contributed by atoms with E-state index in [-0.39, 0.29) is 0 Å². The van der Waals surface area contributed by atoms with Crippen LogP contribution in [0.5, 0.6) is 0 Å². The third kappa shape index (κ3) is 2.15. The van der Waals surface area contributed by atoms with Crippen LogP contribution in [-0.4, -0.2) is 15.8 Å². The van der Waals surface area contributed by atoms with Crippen molar-refractivity contribution >= 4 is 17.3 Å². The Hall–Kier alpha value is -1.64. The largest absolute Gasteiger partial charge is 0.336 e. The second kappa shape index (κ2) is 4.40. The van der Waals surface area contributed by atoms with Crippen molar-refractivity contribution in [1.29, 1.82) is 0 Å². The maximum absolute atomic E-state index is 8.81. The quantitative estimate of drug-likeness (QED) is 0.573. The number of hydrogen-bond acceptors (Lipinski definition) is 2. The minimum atomic E-state index is 0.750. The monoisotopic (exact) mass is 176 g/mol. The van der Waals surface area contributed by atoms with Gasteiger partial charge in [-0.25, -0.2) is 4.98 Å². The third-order valence-electron chi connectivity index (χ3n) is 1.63. The second-order valence-electron chi connectivity index (χ2n) is 2.58. The molecular formula is C10H12N2O. The van der Waals surface area contributed by atoms with Gasteiger partial charge in [0.2, 0.25) is 0 Å². The number of rotatable bonds is 0. The molecule has 0 aromatic carbocycles. The topological polar surface area (TPSA) is 34.9 Å². The maximum atomic E-state index is 8.81. The second-order valence-corrected chi connectivity index (χ2v) is 2.58. The van der Waals surface area contributed by atoms with Gasteiger partial charge in [0, 0.05) is 24.8 Å². The molecule has 2 aromatic rings. The molecule has 3 nitrogen and oxygen atoms in total. The van der Waals surface area contributed by atoms with Crippen molar-refractivity contribution in [2.75, 3.05) is 0 Å². The van der Waals surface area contributed by atoms with Gasteiger partial charge in [0.15, 0.2) is 0 Å². The standard InChI is InChI=1S/C8H8N2.C2H4O/c1-10-6-4-7-3-2-5-9-8(7)10;1-2-3/h2-6H,1H3;2H,1H3. The lowest BCUT2D eigenvalue weighted by molar-refractivity contribution is -0.106. The highest BCUT2D eigenvalue weighted by atomic mass is 16.1. The van der Waals surface area contributed by atoms with Gasteiger partial charge < -0.3 is 9.36 Å². The molecule has 0 aliphatic rings. The van der Waals surface area contributed by atoms with Crippen LogP contribution < -0.4 is 0 Å². The highest BCUT2D eigenvalue weighted by Crippen LogP contribution is 2.09. The Morgan fingerprint density at radius 1 is 1.46 bits per heavy atom. The van der Waals surface area contributed by atoms with Crippen LogP contribution in [0.15, 0.2) is 30.6 Å². The van der Waals surface area contributed by atoms with Crippen molar-refractivity contribution < 1.29 is 4.79 Å². The molecule has 0 bridgehead atoms. The number of aryl methyl sites for hydroxylation is 1. The molecule has 0 saturated heterocycles. The minimum absolute atomic E-state index is 0.750. The molecule has 0 saturated carbocycles. The summed E-state index contributed by atoms with van der Waals surface area (Å²) in [6.45, 7) is 1.44. The highest BCUT2D eigenvalue weighted by Gasteiger charge is 1.93. The Labute approximate surface area is 77.0 Å². The smallest absolute Gasteiger partial charge is 0.139 e. The van der Waals surface area contributed by atoms with Gasteiger partial charge in [-0.2, -0.15) is 0 Å². The number of aromatic nitrogens is 2. The van der Waals surface area contributed by atoms with Crippen LogP contribution in [0.4, 0.5) is 0 Å². The molecule has 0 aliphatic heterocycles. The van der Waals surface area contributed by atoms with E-state index in [0.29, 0.717) is 0 Å². The summed E-state index contributed by atoms with van der Waals surface area (Å²) in [4.78, 5) is 13.0. The minimum Gasteiger partial charge on any atom is -0.336 e. The summed E-state index contributed by atoms with van der Waals surface area (Å²) in [7, 11) is 2.00. The number of hydrogen-bond donors (Lipinski definition) is 0. The van der Waals surface area contributed by atoms with Gasteiger partial charge >= 0.3 is 0 Å². The van der Waals surface area contributed by atoms with Gasteiger partial charge in [-0.15, -0.1) is 0 Å². The van der Waals surface area contributed by atoms with Crippen molar-refractivity contribution in [3.8, 4) is 0 Å². The fourth-order valence-electron chi connectivity index (χ4n) is 1.10. The van der Waals surface area contributed by atoms with E-state index in [1.54, 1.807) is 0 Å². The lowest BCUT2D eigenvalue weighted by atomic mass is 10.3. The van der Waals surface area contributed by atoms with E-state index in [2.05, 4.69) is 17.1 Å². The van der Waals surface area contributed by atoms with Gasteiger partial charge in [0.05, 0.1) is 0 Å². The van der Waals surface area contributed by atoms with Gasteiger partial charge in [0.25, 0.3) is 0 Å². The van der Waals surface area contributed by atoms with Gasteiger partial charge in [-0.1, -0.05) is 0 Å². The van der Waals surface area contributed by atoms with Crippen molar-refractivity contribution in [3.05, 3.63) is 30.6 Å². The summed E-state index contributed by atoms with van der Waals surface area (Å²) in [5.74, 6) is 0. The molecule has 0 unspecified atom stereocenters. The van der Waals surface area contributed by atoms with Crippen LogP contribution >= 0.6 is 0 Å². The molecule has 3 heteroatoms. The van der Waals surface area contributed by atoms with Crippen LogP contribution in [0.2, 0.25) is 0 Å². The molecule has 13 heavy (non-hydrogen) atoms. The molecule has 2 heterocycles. The maximum Gasteiger partial charge on any atom is 0.139 e. The van der Waals surface area contributed by atoms with E-state index < -0.39 is 0 Å². The molecule has 0 radical (unpaired) electrons. The Morgan fingerprint density at radius 2 is 2.15 bits per heavy atom. The molecule has 0 N–H and O–H groups in total. The Kier molecular flexibility index (Phi) is 3.20. The first kappa shape index (κ1) is 9.45. The van der Waals surface area contributed by atoms with E-state index >= 15 is 0 Å². The SMILES string of the molecule is CC=O.Cn1ccc2cccnc21. The summed E-state index contributed by atoms with van der Waals surface area (Å²) in [5.41, 5.74) is 1.04. The number of aldehydes is 1. The van der Waals surface area contributed by atoms with Gasteiger partial charge in [-0.3, -0.25) is 0 Å². The predicted molar refractivity (Wildman–Crippen MR) is 52.5 cm³/mol. The first-order valence-corrected chi connectivity index (χ1v) is 4.05. The van der Waals surface area contributed by atoms with Crippen LogP contribution in [0.1, 0.15) is 6.92 Å². The van der Waals surface area contributed by atoms with E-state index in [0.717, 1.165) is 11.9 Å². The molecular weight excluding hydrogens is 164 g/mol. The summed E-state index contributed by atoms with van der Waals surface area (Å²) in [6, 6.07) is 6.06. The summed E-state index contributed by atoms with van der Waals surface area (Å²) >= 11 is 0. The van der Waals surface area contributed by atoms with Crippen molar-refractivity contribution in [3.63, 3.8) is 0 Å².